The molecule has 1 fully saturated rings. The van der Waals surface area contributed by atoms with Crippen LogP contribution in [0, 0.1) is 5.92 Å². The van der Waals surface area contributed by atoms with Gasteiger partial charge in [-0.05, 0) is 36.8 Å². The summed E-state index contributed by atoms with van der Waals surface area (Å²) in [6, 6.07) is 19.8. The zero-order chi connectivity index (χ0) is 21.9. The van der Waals surface area contributed by atoms with Gasteiger partial charge in [-0.1, -0.05) is 60.7 Å². The van der Waals surface area contributed by atoms with Gasteiger partial charge in [0, 0.05) is 19.6 Å². The molecular weight excluding hydrogens is 412 g/mol. The molecule has 1 amide bonds. The summed E-state index contributed by atoms with van der Waals surface area (Å²) in [7, 11) is -3.35. The average Bonchev–Trinajstić information content (AvgIpc) is 2.80. The number of sulfonamides is 1. The Balaban J connectivity index is 1.37. The summed E-state index contributed by atoms with van der Waals surface area (Å²) in [5.74, 6) is -0.275. The van der Waals surface area contributed by atoms with Gasteiger partial charge >= 0.3 is 0 Å². The summed E-state index contributed by atoms with van der Waals surface area (Å²) in [5.41, 5.74) is 2.23. The Kier molecular flexibility index (Phi) is 9.06. The van der Waals surface area contributed by atoms with Gasteiger partial charge in [0.1, 0.15) is 0 Å². The van der Waals surface area contributed by atoms with E-state index in [0.29, 0.717) is 45.6 Å². The fourth-order valence-corrected chi connectivity index (χ4v) is 5.38. The fourth-order valence-electron chi connectivity index (χ4n) is 3.80. The molecule has 6 nitrogen and oxygen atoms in total. The number of nitrogens with one attached hydrogen (secondary N) is 1. The first kappa shape index (κ1) is 23.4. The highest BCUT2D eigenvalue weighted by molar-refractivity contribution is 7.89. The third-order valence-electron chi connectivity index (χ3n) is 5.52. The zero-order valence-corrected chi connectivity index (χ0v) is 18.7. The second-order valence-electron chi connectivity index (χ2n) is 7.93. The topological polar surface area (TPSA) is 75.7 Å². The summed E-state index contributed by atoms with van der Waals surface area (Å²) in [6.45, 7) is 2.12. The Morgan fingerprint density at radius 2 is 1.71 bits per heavy atom. The lowest BCUT2D eigenvalue weighted by molar-refractivity contribution is -0.126. The van der Waals surface area contributed by atoms with Gasteiger partial charge in [0.05, 0.1) is 24.9 Å². The Hall–Kier alpha value is -2.22. The molecule has 1 saturated heterocycles. The number of hydrogen-bond acceptors (Lipinski definition) is 4. The Labute approximate surface area is 185 Å². The number of piperidine rings is 1. The lowest BCUT2D eigenvalue weighted by Crippen LogP contribution is -2.46. The van der Waals surface area contributed by atoms with Gasteiger partial charge in [-0.3, -0.25) is 4.79 Å². The average molecular weight is 445 g/mol. The van der Waals surface area contributed by atoms with E-state index < -0.39 is 10.0 Å². The summed E-state index contributed by atoms with van der Waals surface area (Å²) < 4.78 is 32.6. The number of carbonyl (C=O) groups excluding carboxylic acids is 1. The Morgan fingerprint density at radius 1 is 1.03 bits per heavy atom. The normalized spacial score (nSPS) is 17.4. The van der Waals surface area contributed by atoms with Gasteiger partial charge in [0.2, 0.25) is 15.9 Å². The molecule has 0 radical (unpaired) electrons. The van der Waals surface area contributed by atoms with E-state index in [1.807, 2.05) is 60.7 Å². The number of carbonyl (C=O) groups is 1. The van der Waals surface area contributed by atoms with Gasteiger partial charge in [-0.15, -0.1) is 0 Å². The number of aryl methyl sites for hydroxylation is 1. The maximum atomic E-state index is 12.8. The van der Waals surface area contributed by atoms with Crippen LogP contribution in [0.15, 0.2) is 60.7 Å². The minimum atomic E-state index is -3.35. The van der Waals surface area contributed by atoms with Crippen molar-refractivity contribution in [2.24, 2.45) is 5.92 Å². The van der Waals surface area contributed by atoms with E-state index in [-0.39, 0.29) is 24.1 Å². The molecule has 0 aliphatic carbocycles. The van der Waals surface area contributed by atoms with Crippen molar-refractivity contribution in [3.63, 3.8) is 0 Å². The molecule has 0 unspecified atom stereocenters. The van der Waals surface area contributed by atoms with Crippen LogP contribution < -0.4 is 5.32 Å². The molecule has 0 spiro atoms. The molecule has 0 bridgehead atoms. The van der Waals surface area contributed by atoms with Crippen molar-refractivity contribution in [1.29, 1.82) is 0 Å². The van der Waals surface area contributed by atoms with Crippen LogP contribution in [-0.2, 0) is 32.6 Å². The van der Waals surface area contributed by atoms with Crippen molar-refractivity contribution in [2.45, 2.75) is 32.3 Å². The van der Waals surface area contributed by atoms with Crippen LogP contribution in [0.1, 0.15) is 30.4 Å². The predicted octanol–water partition coefficient (Wildman–Crippen LogP) is 2.99. The van der Waals surface area contributed by atoms with E-state index in [2.05, 4.69) is 5.32 Å². The van der Waals surface area contributed by atoms with Gasteiger partial charge in [0.25, 0.3) is 0 Å². The largest absolute Gasteiger partial charge is 0.375 e. The third-order valence-corrected chi connectivity index (χ3v) is 7.44. The SMILES string of the molecule is O=C(NCCOCc1ccccc1)[C@@H]1CCCN(S(=O)(=O)CCCc2ccccc2)C1. The van der Waals surface area contributed by atoms with Crippen LogP contribution in [0.4, 0.5) is 0 Å². The number of nitrogens with zero attached hydrogens (tertiary/aromatic N) is 1. The number of hydrogen-bond donors (Lipinski definition) is 1. The first-order valence-corrected chi connectivity index (χ1v) is 12.6. The number of rotatable bonds is 11. The molecule has 0 aromatic heterocycles. The van der Waals surface area contributed by atoms with Crippen LogP contribution >= 0.6 is 0 Å². The minimum Gasteiger partial charge on any atom is -0.375 e. The molecule has 1 N–H and O–H groups in total. The molecular formula is C24H32N2O4S. The highest BCUT2D eigenvalue weighted by Crippen LogP contribution is 2.20. The lowest BCUT2D eigenvalue weighted by Gasteiger charge is -2.31. The van der Waals surface area contributed by atoms with Gasteiger partial charge < -0.3 is 10.1 Å². The monoisotopic (exact) mass is 444 g/mol. The molecule has 1 atom stereocenters. The maximum absolute atomic E-state index is 12.8. The maximum Gasteiger partial charge on any atom is 0.224 e. The van der Waals surface area contributed by atoms with E-state index in [4.69, 9.17) is 4.74 Å². The molecule has 1 aliphatic heterocycles. The summed E-state index contributed by atoms with van der Waals surface area (Å²) in [4.78, 5) is 12.5. The minimum absolute atomic E-state index is 0.0903. The van der Waals surface area contributed by atoms with E-state index in [9.17, 15) is 13.2 Å². The lowest BCUT2D eigenvalue weighted by atomic mass is 9.99. The van der Waals surface area contributed by atoms with Gasteiger partial charge in [-0.2, -0.15) is 0 Å². The smallest absolute Gasteiger partial charge is 0.224 e. The van der Waals surface area contributed by atoms with Crippen LogP contribution in [-0.4, -0.2) is 50.6 Å². The van der Waals surface area contributed by atoms with Gasteiger partial charge in [0.15, 0.2) is 0 Å². The summed E-state index contributed by atoms with van der Waals surface area (Å²) in [6.07, 6.45) is 2.74. The molecule has 2 aromatic rings. The highest BCUT2D eigenvalue weighted by atomic mass is 32.2. The number of amides is 1. The van der Waals surface area contributed by atoms with E-state index in [1.54, 1.807) is 0 Å². The Morgan fingerprint density at radius 3 is 2.42 bits per heavy atom. The van der Waals surface area contributed by atoms with Crippen molar-refractivity contribution in [1.82, 2.24) is 9.62 Å². The standard InChI is InChI=1S/C24H32N2O4S/c27-24(25-15-17-30-20-22-11-5-2-6-12-22)23-14-7-16-26(19-23)31(28,29)18-8-13-21-9-3-1-4-10-21/h1-6,9-12,23H,7-8,13-20H2,(H,25,27)/t23-/m1/s1. The van der Waals surface area contributed by atoms with Crippen molar-refractivity contribution in [3.8, 4) is 0 Å². The molecule has 7 heteroatoms. The van der Waals surface area contributed by atoms with Gasteiger partial charge in [-0.25, -0.2) is 12.7 Å². The zero-order valence-electron chi connectivity index (χ0n) is 17.9. The van der Waals surface area contributed by atoms with Crippen LogP contribution in [0.25, 0.3) is 0 Å². The highest BCUT2D eigenvalue weighted by Gasteiger charge is 2.31. The molecule has 168 valence electrons. The van der Waals surface area contributed by atoms with Crippen molar-refractivity contribution < 1.29 is 17.9 Å². The second-order valence-corrected chi connectivity index (χ2v) is 10.0. The molecule has 3 rings (SSSR count). The third kappa shape index (κ3) is 7.76. The van der Waals surface area contributed by atoms with Crippen LogP contribution in [0.2, 0.25) is 0 Å². The quantitative estimate of drug-likeness (QED) is 0.541. The summed E-state index contributed by atoms with van der Waals surface area (Å²) in [5, 5.41) is 2.89. The molecule has 31 heavy (non-hydrogen) atoms. The predicted molar refractivity (Wildman–Crippen MR) is 122 cm³/mol. The van der Waals surface area contributed by atoms with Crippen molar-refractivity contribution in [2.75, 3.05) is 32.0 Å². The van der Waals surface area contributed by atoms with Crippen LogP contribution in [0.5, 0.6) is 0 Å². The molecule has 0 saturated carbocycles. The molecule has 1 heterocycles. The first-order valence-electron chi connectivity index (χ1n) is 11.0. The first-order chi connectivity index (χ1) is 15.0. The van der Waals surface area contributed by atoms with E-state index >= 15 is 0 Å². The van der Waals surface area contributed by atoms with E-state index in [0.717, 1.165) is 17.5 Å². The van der Waals surface area contributed by atoms with Crippen molar-refractivity contribution in [3.05, 3.63) is 71.8 Å². The van der Waals surface area contributed by atoms with Crippen LogP contribution in [0.3, 0.4) is 0 Å². The summed E-state index contributed by atoms with van der Waals surface area (Å²) >= 11 is 0. The molecule has 1 aliphatic rings. The molecule has 2 aromatic carbocycles. The number of ether oxygens (including phenoxy) is 1. The van der Waals surface area contributed by atoms with Crippen molar-refractivity contribution >= 4 is 15.9 Å². The van der Waals surface area contributed by atoms with E-state index in [1.165, 1.54) is 4.31 Å². The second kappa shape index (κ2) is 12.0. The number of benzene rings is 2. The fraction of sp³-hybridized carbons (Fsp3) is 0.458. The Bertz CT molecular complexity index is 904.